The fourth-order valence-corrected chi connectivity index (χ4v) is 4.56. The zero-order valence-electron chi connectivity index (χ0n) is 20.0. The zero-order valence-corrected chi connectivity index (χ0v) is 22.8. The Hall–Kier alpha value is -0.176. The van der Waals surface area contributed by atoms with Crippen LogP contribution in [0.3, 0.4) is 0 Å². The molecule has 0 rings (SSSR count). The monoisotopic (exact) mass is 450 g/mol. The van der Waals surface area contributed by atoms with E-state index in [1.807, 2.05) is 6.92 Å². The van der Waals surface area contributed by atoms with Crippen molar-refractivity contribution < 1.29 is 21.5 Å². The molecule has 0 spiro atoms. The van der Waals surface area contributed by atoms with E-state index in [4.69, 9.17) is 13.0 Å². The van der Waals surface area contributed by atoms with Crippen LogP contribution >= 0.6 is 0 Å². The highest BCUT2D eigenvalue weighted by Crippen LogP contribution is 2.38. The molecular weight excluding hydrogens is 408 g/mol. The van der Waals surface area contributed by atoms with Gasteiger partial charge in [0.05, 0.1) is 12.9 Å². The van der Waals surface area contributed by atoms with E-state index in [2.05, 4.69) is 79.6 Å². The van der Waals surface area contributed by atoms with Crippen LogP contribution in [0.4, 0.5) is 0 Å². The molecule has 0 aliphatic heterocycles. The molecule has 166 valence electrons. The maximum atomic E-state index is 11.7. The maximum absolute atomic E-state index is 11.7. The second-order valence-electron chi connectivity index (χ2n) is 10.4. The van der Waals surface area contributed by atoms with Crippen LogP contribution in [0.5, 0.6) is 0 Å². The lowest BCUT2D eigenvalue weighted by Gasteiger charge is -2.38. The van der Waals surface area contributed by atoms with E-state index in [1.165, 1.54) is 0 Å². The summed E-state index contributed by atoms with van der Waals surface area (Å²) in [5.41, 5.74) is 0. The van der Waals surface area contributed by atoms with Gasteiger partial charge >= 0.3 is 0 Å². The minimum Gasteiger partial charge on any atom is -0.413 e. The van der Waals surface area contributed by atoms with Crippen molar-refractivity contribution in [3.8, 4) is 11.8 Å². The van der Waals surface area contributed by atoms with Crippen molar-refractivity contribution in [3.63, 3.8) is 0 Å². The third-order valence-corrected chi connectivity index (χ3v) is 15.3. The van der Waals surface area contributed by atoms with Gasteiger partial charge in [-0.05, 0) is 42.7 Å². The van der Waals surface area contributed by atoms with E-state index in [-0.39, 0.29) is 22.8 Å². The fraction of sp³-hybridized carbons (Fsp3) is 0.900. The molecule has 2 atom stereocenters. The van der Waals surface area contributed by atoms with Crippen LogP contribution in [0.2, 0.25) is 36.3 Å². The molecule has 0 fully saturated rings. The molecule has 28 heavy (non-hydrogen) atoms. The Morgan fingerprint density at radius 1 is 0.857 bits per heavy atom. The molecule has 0 bridgehead atoms. The van der Waals surface area contributed by atoms with E-state index in [9.17, 15) is 8.42 Å². The van der Waals surface area contributed by atoms with E-state index in [0.29, 0.717) is 0 Å². The Morgan fingerprint density at radius 2 is 1.29 bits per heavy atom. The minimum absolute atomic E-state index is 0.0213. The molecule has 0 aliphatic rings. The first-order valence-corrected chi connectivity index (χ1v) is 17.6. The van der Waals surface area contributed by atoms with Gasteiger partial charge in [-0.25, -0.2) is 0 Å². The van der Waals surface area contributed by atoms with Gasteiger partial charge in [-0.3, -0.25) is 4.18 Å². The molecule has 0 saturated carbocycles. The average Bonchev–Trinajstić information content (AvgIpc) is 2.44. The van der Waals surface area contributed by atoms with Crippen LogP contribution in [0, 0.1) is 11.8 Å². The first-order chi connectivity index (χ1) is 12.2. The average molecular weight is 451 g/mol. The van der Waals surface area contributed by atoms with Crippen LogP contribution in [0.25, 0.3) is 0 Å². The molecule has 0 aromatic rings. The van der Waals surface area contributed by atoms with Gasteiger partial charge in [-0.2, -0.15) is 8.42 Å². The predicted molar refractivity (Wildman–Crippen MR) is 123 cm³/mol. The summed E-state index contributed by atoms with van der Waals surface area (Å²) in [5, 5.41) is 0.101. The van der Waals surface area contributed by atoms with Gasteiger partial charge in [-0.15, -0.1) is 0 Å². The molecule has 0 heterocycles. The third-order valence-electron chi connectivity index (χ3n) is 5.71. The van der Waals surface area contributed by atoms with E-state index >= 15 is 0 Å². The van der Waals surface area contributed by atoms with Crippen LogP contribution < -0.4 is 0 Å². The molecule has 0 radical (unpaired) electrons. The Balaban J connectivity index is 5.46. The van der Waals surface area contributed by atoms with Gasteiger partial charge in [0.15, 0.2) is 22.7 Å². The summed E-state index contributed by atoms with van der Waals surface area (Å²) in [6.45, 7) is 23.7. The SMILES string of the molecule is CC[C@H](C#C[C@H](CO[Si](C)(C)C(C)(C)C)OS(C)(=O)=O)O[Si](C)(C)C(C)(C)C. The zero-order chi connectivity index (χ0) is 22.6. The van der Waals surface area contributed by atoms with E-state index in [0.717, 1.165) is 12.7 Å². The molecular formula is C20H42O5SSi2. The summed E-state index contributed by atoms with van der Waals surface area (Å²) in [6, 6.07) is 0. The lowest BCUT2D eigenvalue weighted by molar-refractivity contribution is 0.165. The second-order valence-corrected chi connectivity index (χ2v) is 21.6. The fourth-order valence-electron chi connectivity index (χ4n) is 1.74. The van der Waals surface area contributed by atoms with Crippen molar-refractivity contribution in [2.24, 2.45) is 0 Å². The molecule has 0 N–H and O–H groups in total. The van der Waals surface area contributed by atoms with Crippen LogP contribution in [0.15, 0.2) is 0 Å². The van der Waals surface area contributed by atoms with Crippen molar-refractivity contribution in [1.29, 1.82) is 0 Å². The minimum atomic E-state index is -3.64. The number of hydrogen-bond donors (Lipinski definition) is 0. The molecule has 8 heteroatoms. The topological polar surface area (TPSA) is 61.8 Å². The van der Waals surface area contributed by atoms with Crippen molar-refractivity contribution in [3.05, 3.63) is 0 Å². The number of rotatable bonds is 8. The van der Waals surface area contributed by atoms with E-state index in [1.54, 1.807) is 0 Å². The maximum Gasteiger partial charge on any atom is 0.265 e. The summed E-state index contributed by atoms with van der Waals surface area (Å²) in [7, 11) is -7.64. The van der Waals surface area contributed by atoms with Crippen LogP contribution in [0.1, 0.15) is 54.9 Å². The third kappa shape index (κ3) is 9.55. The summed E-state index contributed by atoms with van der Waals surface area (Å²) >= 11 is 0. The molecule has 0 saturated heterocycles. The van der Waals surface area contributed by atoms with Crippen LogP contribution in [-0.2, 0) is 23.2 Å². The van der Waals surface area contributed by atoms with Crippen molar-refractivity contribution in [2.45, 2.75) is 103 Å². The quantitative estimate of drug-likeness (QED) is 0.290. The molecule has 0 aromatic heterocycles. The Morgan fingerprint density at radius 3 is 1.64 bits per heavy atom. The number of hydrogen-bond acceptors (Lipinski definition) is 5. The van der Waals surface area contributed by atoms with Crippen molar-refractivity contribution >= 4 is 26.8 Å². The largest absolute Gasteiger partial charge is 0.413 e. The highest BCUT2D eigenvalue weighted by Gasteiger charge is 2.39. The standard InChI is InChI=1S/C20H42O5SSi2/c1-13-17(25-28(11,12)20(5,6)7)14-15-18(24-26(8,21)22)16-23-27(9,10)19(2,3)4/h17-18H,13,16H2,1-12H3/t17-,18-/m1/s1. The predicted octanol–water partition coefficient (Wildman–Crippen LogP) is 5.16. The first kappa shape index (κ1) is 27.8. The van der Waals surface area contributed by atoms with E-state index < -0.39 is 32.9 Å². The molecule has 5 nitrogen and oxygen atoms in total. The van der Waals surface area contributed by atoms with Gasteiger partial charge in [0, 0.05) is 0 Å². The van der Waals surface area contributed by atoms with Gasteiger partial charge in [0.2, 0.25) is 0 Å². The lowest BCUT2D eigenvalue weighted by Crippen LogP contribution is -2.44. The van der Waals surface area contributed by atoms with Gasteiger partial charge in [-0.1, -0.05) is 60.3 Å². The summed E-state index contributed by atoms with van der Waals surface area (Å²) in [4.78, 5) is 0. The second kappa shape index (κ2) is 9.75. The summed E-state index contributed by atoms with van der Waals surface area (Å²) < 4.78 is 41.0. The van der Waals surface area contributed by atoms with Gasteiger partial charge in [0.25, 0.3) is 10.1 Å². The highest BCUT2D eigenvalue weighted by atomic mass is 32.2. The van der Waals surface area contributed by atoms with Crippen LogP contribution in [-0.4, -0.2) is 50.1 Å². The smallest absolute Gasteiger partial charge is 0.265 e. The Bertz CT molecular complexity index is 661. The first-order valence-electron chi connectivity index (χ1n) is 9.93. The highest BCUT2D eigenvalue weighted by molar-refractivity contribution is 7.86. The lowest BCUT2D eigenvalue weighted by atomic mass is 10.2. The molecule has 0 amide bonds. The molecule has 0 aromatic carbocycles. The summed E-state index contributed by atoms with van der Waals surface area (Å²) in [5.74, 6) is 6.07. The Labute approximate surface area is 176 Å². The van der Waals surface area contributed by atoms with Crippen molar-refractivity contribution in [1.82, 2.24) is 0 Å². The summed E-state index contributed by atoms with van der Waals surface area (Å²) in [6.07, 6.45) is 0.687. The molecule has 0 aliphatic carbocycles. The van der Waals surface area contributed by atoms with Gasteiger partial charge in [0.1, 0.15) is 6.10 Å². The Kier molecular flexibility index (Phi) is 9.69. The normalized spacial score (nSPS) is 16.3. The molecule has 0 unspecified atom stereocenters. The van der Waals surface area contributed by atoms with Crippen molar-refractivity contribution in [2.75, 3.05) is 12.9 Å². The van der Waals surface area contributed by atoms with Gasteiger partial charge < -0.3 is 8.85 Å².